The van der Waals surface area contributed by atoms with Gasteiger partial charge in [0.2, 0.25) is 0 Å². The quantitative estimate of drug-likeness (QED) is 0.704. The van der Waals surface area contributed by atoms with E-state index in [2.05, 4.69) is 0 Å². The maximum absolute atomic E-state index is 12.2. The molecule has 0 amide bonds. The summed E-state index contributed by atoms with van der Waals surface area (Å²) in [6.45, 7) is 0. The molecule has 6 heteroatoms. The van der Waals surface area contributed by atoms with Crippen molar-refractivity contribution in [2.24, 2.45) is 5.92 Å². The molecule has 0 bridgehead atoms. The molecule has 0 heterocycles. The summed E-state index contributed by atoms with van der Waals surface area (Å²) in [6, 6.07) is 6.36. The SMILES string of the molecule is COc1cccc(C(=O)[C@H](CCC(=O)O)CC(=O)O)c1. The molecule has 108 valence electrons. The Kier molecular flexibility index (Phi) is 5.71. The van der Waals surface area contributed by atoms with Crippen molar-refractivity contribution in [3.8, 4) is 5.75 Å². The van der Waals surface area contributed by atoms with E-state index < -0.39 is 17.9 Å². The van der Waals surface area contributed by atoms with Crippen LogP contribution in [-0.2, 0) is 9.59 Å². The van der Waals surface area contributed by atoms with Crippen LogP contribution in [-0.4, -0.2) is 35.0 Å². The molecule has 0 radical (unpaired) electrons. The second kappa shape index (κ2) is 7.28. The van der Waals surface area contributed by atoms with Gasteiger partial charge < -0.3 is 14.9 Å². The first-order valence-corrected chi connectivity index (χ1v) is 6.06. The summed E-state index contributed by atoms with van der Waals surface area (Å²) in [6.07, 6.45) is -0.630. The Morgan fingerprint density at radius 2 is 1.90 bits per heavy atom. The van der Waals surface area contributed by atoms with Gasteiger partial charge in [-0.2, -0.15) is 0 Å². The predicted molar refractivity (Wildman–Crippen MR) is 69.9 cm³/mol. The first-order valence-electron chi connectivity index (χ1n) is 6.06. The fourth-order valence-corrected chi connectivity index (χ4v) is 1.85. The topological polar surface area (TPSA) is 101 Å². The molecule has 0 saturated heterocycles. The molecule has 0 aliphatic rings. The first kappa shape index (κ1) is 15.7. The van der Waals surface area contributed by atoms with Crippen LogP contribution >= 0.6 is 0 Å². The predicted octanol–water partition coefficient (Wildman–Crippen LogP) is 1.83. The van der Waals surface area contributed by atoms with Crippen LogP contribution < -0.4 is 4.74 Å². The lowest BCUT2D eigenvalue weighted by atomic mass is 9.90. The fourth-order valence-electron chi connectivity index (χ4n) is 1.85. The number of benzene rings is 1. The normalized spacial score (nSPS) is 11.7. The highest BCUT2D eigenvalue weighted by Gasteiger charge is 2.24. The summed E-state index contributed by atoms with van der Waals surface area (Å²) in [7, 11) is 1.46. The van der Waals surface area contributed by atoms with Gasteiger partial charge in [-0.15, -0.1) is 0 Å². The average Bonchev–Trinajstić information content (AvgIpc) is 2.42. The fraction of sp³-hybridized carbons (Fsp3) is 0.357. The molecular formula is C14H16O6. The molecule has 0 unspecified atom stereocenters. The van der Waals surface area contributed by atoms with Crippen molar-refractivity contribution in [1.29, 1.82) is 0 Å². The van der Waals surface area contributed by atoms with Gasteiger partial charge in [-0.05, 0) is 18.6 Å². The van der Waals surface area contributed by atoms with Crippen LogP contribution in [0.25, 0.3) is 0 Å². The van der Waals surface area contributed by atoms with E-state index >= 15 is 0 Å². The van der Waals surface area contributed by atoms with Crippen molar-refractivity contribution in [2.45, 2.75) is 19.3 Å². The Morgan fingerprint density at radius 1 is 1.20 bits per heavy atom. The molecule has 0 aromatic heterocycles. The molecule has 1 atom stereocenters. The summed E-state index contributed by atoms with van der Waals surface area (Å²) in [5, 5.41) is 17.5. The van der Waals surface area contributed by atoms with E-state index in [-0.39, 0.29) is 25.0 Å². The van der Waals surface area contributed by atoms with Crippen LogP contribution in [0.5, 0.6) is 5.75 Å². The monoisotopic (exact) mass is 280 g/mol. The van der Waals surface area contributed by atoms with E-state index in [1.807, 2.05) is 0 Å². The number of rotatable bonds is 8. The largest absolute Gasteiger partial charge is 0.497 e. The van der Waals surface area contributed by atoms with Gasteiger partial charge in [0, 0.05) is 17.9 Å². The third kappa shape index (κ3) is 4.72. The smallest absolute Gasteiger partial charge is 0.304 e. The number of Topliss-reactive ketones (excluding diaryl/α,β-unsaturated/α-hetero) is 1. The molecular weight excluding hydrogens is 264 g/mol. The number of hydrogen-bond donors (Lipinski definition) is 2. The number of carbonyl (C=O) groups is 3. The highest BCUT2D eigenvalue weighted by Crippen LogP contribution is 2.21. The van der Waals surface area contributed by atoms with Crippen molar-refractivity contribution in [1.82, 2.24) is 0 Å². The molecule has 1 rings (SSSR count). The third-order valence-electron chi connectivity index (χ3n) is 2.85. The minimum atomic E-state index is -1.13. The highest BCUT2D eigenvalue weighted by atomic mass is 16.5. The van der Waals surface area contributed by atoms with E-state index in [0.29, 0.717) is 11.3 Å². The second-order valence-corrected chi connectivity index (χ2v) is 4.32. The number of carbonyl (C=O) groups excluding carboxylic acids is 1. The lowest BCUT2D eigenvalue weighted by molar-refractivity contribution is -0.140. The minimum absolute atomic E-state index is 0.00231. The van der Waals surface area contributed by atoms with E-state index in [4.69, 9.17) is 14.9 Å². The van der Waals surface area contributed by atoms with Gasteiger partial charge in [0.15, 0.2) is 5.78 Å². The van der Waals surface area contributed by atoms with Crippen LogP contribution in [0.15, 0.2) is 24.3 Å². The van der Waals surface area contributed by atoms with Crippen LogP contribution in [0, 0.1) is 5.92 Å². The van der Waals surface area contributed by atoms with Crippen LogP contribution in [0.3, 0.4) is 0 Å². The Bertz CT molecular complexity index is 508. The average molecular weight is 280 g/mol. The summed E-state index contributed by atoms with van der Waals surface area (Å²) >= 11 is 0. The van der Waals surface area contributed by atoms with Gasteiger partial charge in [0.25, 0.3) is 0 Å². The van der Waals surface area contributed by atoms with Gasteiger partial charge in [0.1, 0.15) is 5.75 Å². The molecule has 1 aromatic carbocycles. The second-order valence-electron chi connectivity index (χ2n) is 4.32. The zero-order valence-electron chi connectivity index (χ0n) is 11.0. The molecule has 0 aliphatic heterocycles. The van der Waals surface area contributed by atoms with Gasteiger partial charge in [-0.1, -0.05) is 12.1 Å². The maximum Gasteiger partial charge on any atom is 0.304 e. The molecule has 20 heavy (non-hydrogen) atoms. The summed E-state index contributed by atoms with van der Waals surface area (Å²) < 4.78 is 5.00. The number of carboxylic acid groups (broad SMARTS) is 2. The number of carboxylic acids is 2. The Labute approximate surface area is 116 Å². The highest BCUT2D eigenvalue weighted by molar-refractivity contribution is 5.99. The van der Waals surface area contributed by atoms with E-state index in [9.17, 15) is 14.4 Å². The number of ether oxygens (including phenoxy) is 1. The van der Waals surface area contributed by atoms with Crippen molar-refractivity contribution in [3.05, 3.63) is 29.8 Å². The third-order valence-corrected chi connectivity index (χ3v) is 2.85. The molecule has 0 aliphatic carbocycles. The van der Waals surface area contributed by atoms with Crippen LogP contribution in [0.1, 0.15) is 29.6 Å². The summed E-state index contributed by atoms with van der Waals surface area (Å²) in [4.78, 5) is 33.6. The standard InChI is InChI=1S/C14H16O6/c1-20-11-4-2-3-9(7-11)14(19)10(8-13(17)18)5-6-12(15)16/h2-4,7,10H,5-6,8H2,1H3,(H,15,16)(H,17,18)/t10-/m1/s1. The zero-order valence-corrected chi connectivity index (χ0v) is 11.0. The van der Waals surface area contributed by atoms with Gasteiger partial charge in [-0.25, -0.2) is 0 Å². The van der Waals surface area contributed by atoms with Crippen LogP contribution in [0.4, 0.5) is 0 Å². The lowest BCUT2D eigenvalue weighted by Crippen LogP contribution is -2.20. The van der Waals surface area contributed by atoms with E-state index in [1.54, 1.807) is 18.2 Å². The number of hydrogen-bond acceptors (Lipinski definition) is 4. The molecule has 1 aromatic rings. The Hall–Kier alpha value is -2.37. The van der Waals surface area contributed by atoms with E-state index in [0.717, 1.165) is 0 Å². The Morgan fingerprint density at radius 3 is 2.45 bits per heavy atom. The molecule has 0 fully saturated rings. The molecule has 6 nitrogen and oxygen atoms in total. The lowest BCUT2D eigenvalue weighted by Gasteiger charge is -2.13. The molecule has 0 saturated carbocycles. The van der Waals surface area contributed by atoms with Gasteiger partial charge in [-0.3, -0.25) is 14.4 Å². The van der Waals surface area contributed by atoms with Crippen molar-refractivity contribution < 1.29 is 29.3 Å². The van der Waals surface area contributed by atoms with Gasteiger partial charge in [0.05, 0.1) is 13.5 Å². The van der Waals surface area contributed by atoms with Crippen molar-refractivity contribution >= 4 is 17.7 Å². The Balaban J connectivity index is 2.90. The first-order chi connectivity index (χ1) is 9.43. The minimum Gasteiger partial charge on any atom is -0.497 e. The number of methoxy groups -OCH3 is 1. The maximum atomic E-state index is 12.2. The zero-order chi connectivity index (χ0) is 15.1. The number of aliphatic carboxylic acids is 2. The molecule has 2 N–H and O–H groups in total. The molecule has 0 spiro atoms. The number of ketones is 1. The van der Waals surface area contributed by atoms with Crippen molar-refractivity contribution in [3.63, 3.8) is 0 Å². The van der Waals surface area contributed by atoms with Gasteiger partial charge >= 0.3 is 11.9 Å². The summed E-state index contributed by atoms with van der Waals surface area (Å²) in [5.41, 5.74) is 0.320. The van der Waals surface area contributed by atoms with E-state index in [1.165, 1.54) is 13.2 Å². The van der Waals surface area contributed by atoms with Crippen LogP contribution in [0.2, 0.25) is 0 Å². The van der Waals surface area contributed by atoms with Crippen molar-refractivity contribution in [2.75, 3.05) is 7.11 Å². The summed E-state index contributed by atoms with van der Waals surface area (Å²) in [5.74, 6) is -2.93.